The van der Waals surface area contributed by atoms with E-state index in [1.165, 1.54) is 24.8 Å². The van der Waals surface area contributed by atoms with Gasteiger partial charge < -0.3 is 20.5 Å². The molecule has 2 fully saturated rings. The van der Waals surface area contributed by atoms with E-state index in [4.69, 9.17) is 9.73 Å². The summed E-state index contributed by atoms with van der Waals surface area (Å²) in [7, 11) is 1.70. The molecule has 0 amide bonds. The van der Waals surface area contributed by atoms with E-state index < -0.39 is 5.60 Å². The minimum Gasteiger partial charge on any atom is -0.497 e. The third-order valence-corrected chi connectivity index (χ3v) is 6.99. The fourth-order valence-corrected chi connectivity index (χ4v) is 5.28. The van der Waals surface area contributed by atoms with E-state index in [2.05, 4.69) is 34.6 Å². The lowest BCUT2D eigenvalue weighted by Gasteiger charge is -2.35. The summed E-state index contributed by atoms with van der Waals surface area (Å²) in [6.45, 7) is 6.36. The van der Waals surface area contributed by atoms with Gasteiger partial charge in [-0.3, -0.25) is 9.89 Å². The van der Waals surface area contributed by atoms with E-state index in [1.54, 1.807) is 18.9 Å². The Morgan fingerprint density at radius 3 is 2.57 bits per heavy atom. The number of guanidine groups is 1. The first-order chi connectivity index (χ1) is 14.1. The summed E-state index contributed by atoms with van der Waals surface area (Å²) in [6.07, 6.45) is 4.65. The average Bonchev–Trinajstić information content (AvgIpc) is 3.20. The topological polar surface area (TPSA) is 69.1 Å². The minimum absolute atomic E-state index is 0. The molecular weight excluding hydrogens is 511 g/mol. The summed E-state index contributed by atoms with van der Waals surface area (Å²) in [5.41, 5.74) is 0.636. The van der Waals surface area contributed by atoms with Crippen LogP contribution in [-0.4, -0.2) is 72.9 Å². The molecule has 2 atom stereocenters. The summed E-state index contributed by atoms with van der Waals surface area (Å²) in [6, 6.07) is 8.71. The van der Waals surface area contributed by atoms with Crippen molar-refractivity contribution in [3.63, 3.8) is 0 Å². The normalized spacial score (nSPS) is 23.5. The van der Waals surface area contributed by atoms with Crippen LogP contribution in [0, 0.1) is 0 Å². The van der Waals surface area contributed by atoms with Crippen LogP contribution < -0.4 is 15.4 Å². The summed E-state index contributed by atoms with van der Waals surface area (Å²) in [5, 5.41) is 17.5. The number of piperidine rings is 1. The number of halogens is 1. The maximum atomic E-state index is 10.6. The van der Waals surface area contributed by atoms with Crippen molar-refractivity contribution >= 4 is 41.7 Å². The minimum atomic E-state index is -0.657. The number of nitrogens with one attached hydrogen (secondary N) is 2. The first-order valence-electron chi connectivity index (χ1n) is 10.8. The van der Waals surface area contributed by atoms with Gasteiger partial charge in [0, 0.05) is 18.8 Å². The average molecular weight is 549 g/mol. The van der Waals surface area contributed by atoms with Crippen molar-refractivity contribution < 1.29 is 9.84 Å². The number of thioether (sulfide) groups is 1. The number of nitrogens with zero attached hydrogens (tertiary/aromatic N) is 2. The molecular formula is C22H37IN4O2S. The van der Waals surface area contributed by atoms with Crippen molar-refractivity contribution in [2.45, 2.75) is 44.2 Å². The maximum Gasteiger partial charge on any atom is 0.191 e. The molecule has 0 saturated carbocycles. The van der Waals surface area contributed by atoms with Crippen molar-refractivity contribution in [2.24, 2.45) is 4.99 Å². The molecule has 0 spiro atoms. The fraction of sp³-hybridized carbons (Fsp3) is 0.682. The highest BCUT2D eigenvalue weighted by Gasteiger charge is 2.31. The lowest BCUT2D eigenvalue weighted by molar-refractivity contribution is 0.0778. The molecule has 1 aromatic carbocycles. The predicted octanol–water partition coefficient (Wildman–Crippen LogP) is 3.26. The Kier molecular flexibility index (Phi) is 11.1. The van der Waals surface area contributed by atoms with Crippen molar-refractivity contribution in [1.82, 2.24) is 15.5 Å². The van der Waals surface area contributed by atoms with Gasteiger partial charge in [0.25, 0.3) is 0 Å². The summed E-state index contributed by atoms with van der Waals surface area (Å²) in [5.74, 6) is 3.47. The number of methoxy groups -OCH3 is 1. The Hall–Kier alpha value is -0.710. The summed E-state index contributed by atoms with van der Waals surface area (Å²) >= 11 is 1.81. The molecule has 2 saturated heterocycles. The van der Waals surface area contributed by atoms with E-state index in [0.717, 1.165) is 55.8 Å². The van der Waals surface area contributed by atoms with Gasteiger partial charge in [0.1, 0.15) is 5.75 Å². The van der Waals surface area contributed by atoms with Crippen molar-refractivity contribution in [3.8, 4) is 5.75 Å². The standard InChI is InChI=1S/C22H36N4O2S.HI/c1-3-23-21(25-16-22(27)11-14-29-17-22)24-15-20(26-12-5-4-6-13-26)18-7-9-19(28-2)10-8-18;/h7-10,20,27H,3-6,11-17H2,1-2H3,(H2,23,24,25);1H. The van der Waals surface area contributed by atoms with Gasteiger partial charge in [-0.05, 0) is 62.7 Å². The molecule has 0 aromatic heterocycles. The van der Waals surface area contributed by atoms with Gasteiger partial charge >= 0.3 is 0 Å². The summed E-state index contributed by atoms with van der Waals surface area (Å²) in [4.78, 5) is 7.27. The highest BCUT2D eigenvalue weighted by Crippen LogP contribution is 2.28. The van der Waals surface area contributed by atoms with Crippen LogP contribution >= 0.6 is 35.7 Å². The number of ether oxygens (including phenoxy) is 1. The van der Waals surface area contributed by atoms with Gasteiger partial charge in [-0.25, -0.2) is 0 Å². The van der Waals surface area contributed by atoms with E-state index >= 15 is 0 Å². The van der Waals surface area contributed by atoms with E-state index in [-0.39, 0.29) is 30.0 Å². The van der Waals surface area contributed by atoms with Gasteiger partial charge in [-0.2, -0.15) is 11.8 Å². The highest BCUT2D eigenvalue weighted by molar-refractivity contribution is 14.0. The molecule has 1 aromatic rings. The highest BCUT2D eigenvalue weighted by atomic mass is 127. The third-order valence-electron chi connectivity index (χ3n) is 5.75. The zero-order chi connectivity index (χ0) is 20.5. The van der Waals surface area contributed by atoms with Crippen molar-refractivity contribution in [3.05, 3.63) is 29.8 Å². The number of benzene rings is 1. The molecule has 0 bridgehead atoms. The Labute approximate surface area is 202 Å². The second kappa shape index (κ2) is 13.0. The smallest absolute Gasteiger partial charge is 0.191 e. The molecule has 0 radical (unpaired) electrons. The van der Waals surface area contributed by atoms with E-state index in [9.17, 15) is 5.11 Å². The van der Waals surface area contributed by atoms with Gasteiger partial charge in [-0.1, -0.05) is 18.6 Å². The second-order valence-electron chi connectivity index (χ2n) is 7.99. The Morgan fingerprint density at radius 1 is 1.23 bits per heavy atom. The largest absolute Gasteiger partial charge is 0.497 e. The molecule has 0 aliphatic carbocycles. The van der Waals surface area contributed by atoms with Crippen LogP contribution in [-0.2, 0) is 0 Å². The first kappa shape index (κ1) is 25.5. The van der Waals surface area contributed by atoms with Crippen LogP contribution in [0.1, 0.15) is 44.2 Å². The molecule has 2 aliphatic heterocycles. The van der Waals surface area contributed by atoms with Crippen LogP contribution in [0.4, 0.5) is 0 Å². The maximum absolute atomic E-state index is 10.6. The molecule has 3 N–H and O–H groups in total. The Bertz CT molecular complexity index is 647. The second-order valence-corrected chi connectivity index (χ2v) is 9.09. The van der Waals surface area contributed by atoms with Gasteiger partial charge in [0.15, 0.2) is 5.96 Å². The molecule has 2 aliphatic rings. The quantitative estimate of drug-likeness (QED) is 0.263. The van der Waals surface area contributed by atoms with Crippen LogP contribution in [0.15, 0.2) is 29.3 Å². The Balaban J connectivity index is 0.00000320. The monoisotopic (exact) mass is 548 g/mol. The predicted molar refractivity (Wildman–Crippen MR) is 137 cm³/mol. The number of aliphatic imine (C=N–C) groups is 1. The van der Waals surface area contributed by atoms with Crippen LogP contribution in [0.3, 0.4) is 0 Å². The zero-order valence-electron chi connectivity index (χ0n) is 18.2. The molecule has 6 nitrogen and oxygen atoms in total. The van der Waals surface area contributed by atoms with Gasteiger partial charge in [0.05, 0.1) is 25.3 Å². The molecule has 8 heteroatoms. The van der Waals surface area contributed by atoms with Gasteiger partial charge in [-0.15, -0.1) is 24.0 Å². The lowest BCUT2D eigenvalue weighted by Crippen LogP contribution is -2.45. The molecule has 170 valence electrons. The molecule has 30 heavy (non-hydrogen) atoms. The zero-order valence-corrected chi connectivity index (χ0v) is 21.4. The first-order valence-corrected chi connectivity index (χ1v) is 12.0. The molecule has 3 rings (SSSR count). The number of hydrogen-bond acceptors (Lipinski definition) is 5. The number of aliphatic hydroxyl groups is 1. The number of hydrogen-bond donors (Lipinski definition) is 3. The van der Waals surface area contributed by atoms with Crippen molar-refractivity contribution in [1.29, 1.82) is 0 Å². The molecule has 2 unspecified atom stereocenters. The lowest BCUT2D eigenvalue weighted by atomic mass is 10.0. The molecule has 2 heterocycles. The fourth-order valence-electron chi connectivity index (χ4n) is 4.00. The van der Waals surface area contributed by atoms with E-state index in [0.29, 0.717) is 6.54 Å². The van der Waals surface area contributed by atoms with E-state index in [1.807, 2.05) is 12.1 Å². The SMILES string of the molecule is CCNC(=NCC1(O)CCSC1)NCC(c1ccc(OC)cc1)N1CCCCC1.I. The van der Waals surface area contributed by atoms with Gasteiger partial charge in [0.2, 0.25) is 0 Å². The van der Waals surface area contributed by atoms with Crippen LogP contribution in [0.25, 0.3) is 0 Å². The van der Waals surface area contributed by atoms with Crippen LogP contribution in [0.5, 0.6) is 5.75 Å². The summed E-state index contributed by atoms with van der Waals surface area (Å²) < 4.78 is 5.33. The van der Waals surface area contributed by atoms with Crippen LogP contribution in [0.2, 0.25) is 0 Å². The third kappa shape index (κ3) is 7.46. The van der Waals surface area contributed by atoms with Crippen molar-refractivity contribution in [2.75, 3.05) is 51.3 Å². The number of rotatable bonds is 8. The Morgan fingerprint density at radius 2 is 1.97 bits per heavy atom. The number of likely N-dealkylation sites (tertiary alicyclic amines) is 1.